The lowest BCUT2D eigenvalue weighted by molar-refractivity contribution is -0.115. The zero-order chi connectivity index (χ0) is 18.8. The van der Waals surface area contributed by atoms with Crippen LogP contribution in [-0.2, 0) is 4.79 Å². The number of amides is 2. The van der Waals surface area contributed by atoms with Crippen LogP contribution < -0.4 is 11.1 Å². The van der Waals surface area contributed by atoms with Crippen LogP contribution in [0.25, 0.3) is 0 Å². The van der Waals surface area contributed by atoms with Gasteiger partial charge in [0.1, 0.15) is 5.92 Å². The molecule has 3 N–H and O–H groups in total. The molecule has 0 fully saturated rings. The van der Waals surface area contributed by atoms with Crippen LogP contribution in [0.1, 0.15) is 27.4 Å². The number of carbonyl (C=O) groups is 2. The third-order valence-electron chi connectivity index (χ3n) is 4.52. The summed E-state index contributed by atoms with van der Waals surface area (Å²) >= 11 is 0. The first-order valence-corrected chi connectivity index (χ1v) is 8.57. The minimum absolute atomic E-state index is 0.176. The number of nitrogens with zero attached hydrogens (tertiary/aromatic N) is 1. The van der Waals surface area contributed by atoms with Crippen molar-refractivity contribution in [3.63, 3.8) is 0 Å². The van der Waals surface area contributed by atoms with E-state index in [1.807, 2.05) is 60.7 Å². The Labute approximate surface area is 156 Å². The Kier molecular flexibility index (Phi) is 4.26. The van der Waals surface area contributed by atoms with Crippen LogP contribution in [0.15, 0.2) is 83.9 Å². The van der Waals surface area contributed by atoms with E-state index in [0.29, 0.717) is 17.0 Å². The second kappa shape index (κ2) is 6.88. The molecule has 1 atom stereocenters. The Morgan fingerprint density at radius 2 is 1.56 bits per heavy atom. The number of aliphatic imine (C=N–C) groups is 1. The fraction of sp³-hybridized carbons (Fsp3) is 0.0455. The Morgan fingerprint density at radius 1 is 0.889 bits per heavy atom. The second-order valence-electron chi connectivity index (χ2n) is 6.29. The summed E-state index contributed by atoms with van der Waals surface area (Å²) in [7, 11) is 0. The number of fused-ring (bicyclic) bond motifs is 1. The third-order valence-corrected chi connectivity index (χ3v) is 4.52. The van der Waals surface area contributed by atoms with Crippen molar-refractivity contribution in [2.45, 2.75) is 5.92 Å². The standard InChI is InChI=1S/C22H17N3O2/c23-21(26)15-11-12-17-18(13-15)25-22(27)19(17)20(14-7-3-1-4-8-14)24-16-9-5-2-6-10-16/h1-13,19H,(H2,23,26)(H,25,27). The van der Waals surface area contributed by atoms with Crippen molar-refractivity contribution in [1.82, 2.24) is 0 Å². The van der Waals surface area contributed by atoms with E-state index < -0.39 is 11.8 Å². The largest absolute Gasteiger partial charge is 0.366 e. The molecule has 3 aromatic rings. The van der Waals surface area contributed by atoms with Gasteiger partial charge in [0.15, 0.2) is 0 Å². The van der Waals surface area contributed by atoms with Gasteiger partial charge in [0.25, 0.3) is 0 Å². The minimum Gasteiger partial charge on any atom is -0.366 e. The van der Waals surface area contributed by atoms with Crippen molar-refractivity contribution in [1.29, 1.82) is 0 Å². The molecular weight excluding hydrogens is 338 g/mol. The quantitative estimate of drug-likeness (QED) is 0.700. The van der Waals surface area contributed by atoms with Crippen molar-refractivity contribution in [3.05, 3.63) is 95.6 Å². The normalized spacial score (nSPS) is 15.9. The SMILES string of the molecule is NC(=O)c1ccc2c(c1)NC(=O)C2C(=Nc1ccccc1)c1ccccc1. The summed E-state index contributed by atoms with van der Waals surface area (Å²) in [6.45, 7) is 0. The zero-order valence-corrected chi connectivity index (χ0v) is 14.4. The molecule has 1 heterocycles. The number of primary amides is 1. The Bertz CT molecular complexity index is 1040. The maximum atomic E-state index is 12.8. The molecule has 0 spiro atoms. The van der Waals surface area contributed by atoms with Crippen LogP contribution >= 0.6 is 0 Å². The van der Waals surface area contributed by atoms with Crippen molar-refractivity contribution in [2.24, 2.45) is 10.7 Å². The molecule has 3 aromatic carbocycles. The summed E-state index contributed by atoms with van der Waals surface area (Å²) in [5.41, 5.74) is 9.38. The topological polar surface area (TPSA) is 84.5 Å². The summed E-state index contributed by atoms with van der Waals surface area (Å²) in [5, 5.41) is 2.85. The minimum atomic E-state index is -0.565. The highest BCUT2D eigenvalue weighted by Gasteiger charge is 2.35. The molecule has 0 radical (unpaired) electrons. The Balaban J connectivity index is 1.86. The fourth-order valence-corrected chi connectivity index (χ4v) is 3.23. The van der Waals surface area contributed by atoms with Gasteiger partial charge in [0, 0.05) is 11.3 Å². The van der Waals surface area contributed by atoms with Gasteiger partial charge in [-0.1, -0.05) is 54.6 Å². The average molecular weight is 355 g/mol. The smallest absolute Gasteiger partial charge is 0.248 e. The molecular formula is C22H17N3O2. The molecule has 0 aliphatic carbocycles. The first-order chi connectivity index (χ1) is 13.1. The molecule has 5 nitrogen and oxygen atoms in total. The van der Waals surface area contributed by atoms with Crippen LogP contribution in [0.5, 0.6) is 0 Å². The van der Waals surface area contributed by atoms with Gasteiger partial charge in [0.2, 0.25) is 11.8 Å². The Hall–Kier alpha value is -3.73. The van der Waals surface area contributed by atoms with Gasteiger partial charge in [-0.15, -0.1) is 0 Å². The monoisotopic (exact) mass is 355 g/mol. The lowest BCUT2D eigenvalue weighted by Crippen LogP contribution is -2.21. The molecule has 2 amide bonds. The molecule has 0 bridgehead atoms. The fourth-order valence-electron chi connectivity index (χ4n) is 3.23. The van der Waals surface area contributed by atoms with E-state index in [-0.39, 0.29) is 5.91 Å². The average Bonchev–Trinajstić information content (AvgIpc) is 3.02. The highest BCUT2D eigenvalue weighted by Crippen LogP contribution is 2.36. The molecule has 0 aromatic heterocycles. The van der Waals surface area contributed by atoms with Gasteiger partial charge in [0.05, 0.1) is 11.4 Å². The third kappa shape index (κ3) is 3.22. The molecule has 132 valence electrons. The summed E-state index contributed by atoms with van der Waals surface area (Å²) in [4.78, 5) is 29.0. The number of benzene rings is 3. The van der Waals surface area contributed by atoms with E-state index in [2.05, 4.69) is 5.32 Å². The van der Waals surface area contributed by atoms with Crippen molar-refractivity contribution < 1.29 is 9.59 Å². The van der Waals surface area contributed by atoms with Gasteiger partial charge in [-0.3, -0.25) is 14.6 Å². The highest BCUT2D eigenvalue weighted by atomic mass is 16.2. The number of anilines is 1. The van der Waals surface area contributed by atoms with Crippen LogP contribution in [0, 0.1) is 0 Å². The number of carbonyl (C=O) groups excluding carboxylic acids is 2. The van der Waals surface area contributed by atoms with Crippen molar-refractivity contribution >= 4 is 28.9 Å². The lowest BCUT2D eigenvalue weighted by atomic mass is 9.90. The number of nitrogens with one attached hydrogen (secondary N) is 1. The molecule has 27 heavy (non-hydrogen) atoms. The van der Waals surface area contributed by atoms with Gasteiger partial charge in [-0.05, 0) is 35.4 Å². The molecule has 1 aliphatic heterocycles. The first-order valence-electron chi connectivity index (χ1n) is 8.57. The molecule has 1 unspecified atom stereocenters. The van der Waals surface area contributed by atoms with Crippen LogP contribution in [0.3, 0.4) is 0 Å². The van der Waals surface area contributed by atoms with E-state index in [4.69, 9.17) is 10.7 Å². The predicted molar refractivity (Wildman–Crippen MR) is 105 cm³/mol. The van der Waals surface area contributed by atoms with Gasteiger partial charge in [-0.25, -0.2) is 0 Å². The van der Waals surface area contributed by atoms with E-state index in [0.717, 1.165) is 16.8 Å². The van der Waals surface area contributed by atoms with Gasteiger partial charge < -0.3 is 11.1 Å². The molecule has 0 saturated heterocycles. The Morgan fingerprint density at radius 3 is 2.22 bits per heavy atom. The van der Waals surface area contributed by atoms with Crippen LogP contribution in [0.4, 0.5) is 11.4 Å². The van der Waals surface area contributed by atoms with E-state index in [9.17, 15) is 9.59 Å². The maximum absolute atomic E-state index is 12.8. The summed E-state index contributed by atoms with van der Waals surface area (Å²) in [6, 6.07) is 24.2. The van der Waals surface area contributed by atoms with Crippen LogP contribution in [-0.4, -0.2) is 17.5 Å². The first kappa shape index (κ1) is 16.7. The maximum Gasteiger partial charge on any atom is 0.248 e. The summed E-state index contributed by atoms with van der Waals surface area (Å²) in [5.74, 6) is -1.27. The van der Waals surface area contributed by atoms with Crippen molar-refractivity contribution in [3.8, 4) is 0 Å². The molecule has 4 rings (SSSR count). The summed E-state index contributed by atoms with van der Waals surface area (Å²) in [6.07, 6.45) is 0. The van der Waals surface area contributed by atoms with E-state index >= 15 is 0 Å². The molecule has 5 heteroatoms. The molecule has 0 saturated carbocycles. The van der Waals surface area contributed by atoms with Crippen LogP contribution in [0.2, 0.25) is 0 Å². The number of rotatable bonds is 4. The van der Waals surface area contributed by atoms with Gasteiger partial charge in [-0.2, -0.15) is 0 Å². The number of nitrogens with two attached hydrogens (primary N) is 1. The second-order valence-corrected chi connectivity index (χ2v) is 6.29. The lowest BCUT2D eigenvalue weighted by Gasteiger charge is -2.14. The van der Waals surface area contributed by atoms with E-state index in [1.165, 1.54) is 0 Å². The van der Waals surface area contributed by atoms with Gasteiger partial charge >= 0.3 is 0 Å². The van der Waals surface area contributed by atoms with E-state index in [1.54, 1.807) is 18.2 Å². The number of para-hydroxylation sites is 1. The highest BCUT2D eigenvalue weighted by molar-refractivity contribution is 6.24. The zero-order valence-electron chi connectivity index (χ0n) is 14.4. The number of hydrogen-bond acceptors (Lipinski definition) is 3. The van der Waals surface area contributed by atoms with Crippen molar-refractivity contribution in [2.75, 3.05) is 5.32 Å². The number of hydrogen-bond donors (Lipinski definition) is 2. The molecule has 1 aliphatic rings. The summed E-state index contributed by atoms with van der Waals surface area (Å²) < 4.78 is 0. The predicted octanol–water partition coefficient (Wildman–Crippen LogP) is 3.64.